The van der Waals surface area contributed by atoms with E-state index in [9.17, 15) is 4.79 Å². The van der Waals surface area contributed by atoms with Crippen molar-refractivity contribution in [3.8, 4) is 0 Å². The van der Waals surface area contributed by atoms with E-state index in [2.05, 4.69) is 4.98 Å². The van der Waals surface area contributed by atoms with Gasteiger partial charge in [0.1, 0.15) is 5.88 Å². The molecule has 1 amide bonds. The van der Waals surface area contributed by atoms with Crippen molar-refractivity contribution >= 4 is 17.5 Å². The zero-order valence-electron chi connectivity index (χ0n) is 9.85. The Bertz CT molecular complexity index is 340. The fraction of sp³-hybridized carbons (Fsp3) is 0.500. The van der Waals surface area contributed by atoms with Crippen molar-refractivity contribution in [2.45, 2.75) is 32.9 Å². The summed E-state index contributed by atoms with van der Waals surface area (Å²) in [6.45, 7) is 5.92. The predicted octanol–water partition coefficient (Wildman–Crippen LogP) is 2.62. The minimum atomic E-state index is -0.0604. The molecule has 0 spiro atoms. The lowest BCUT2D eigenvalue weighted by Gasteiger charge is -2.32. The highest BCUT2D eigenvalue weighted by molar-refractivity contribution is 6.27. The molecule has 0 saturated heterocycles. The summed E-state index contributed by atoms with van der Waals surface area (Å²) in [7, 11) is 0. The van der Waals surface area contributed by atoms with Gasteiger partial charge in [-0.3, -0.25) is 9.78 Å². The number of nitrogens with zero attached hydrogens (tertiary/aromatic N) is 2. The van der Waals surface area contributed by atoms with E-state index in [1.165, 1.54) is 0 Å². The highest BCUT2D eigenvalue weighted by Gasteiger charge is 2.23. The lowest BCUT2D eigenvalue weighted by atomic mass is 10.1. The molecule has 3 nitrogen and oxygen atoms in total. The van der Waals surface area contributed by atoms with Gasteiger partial charge in [0.15, 0.2) is 0 Å². The third-order valence-corrected chi connectivity index (χ3v) is 2.72. The third-order valence-electron chi connectivity index (χ3n) is 2.49. The number of hydrogen-bond acceptors (Lipinski definition) is 2. The number of amides is 1. The number of aromatic nitrogens is 1. The van der Waals surface area contributed by atoms with E-state index >= 15 is 0 Å². The highest BCUT2D eigenvalue weighted by atomic mass is 35.5. The number of pyridine rings is 1. The number of carbonyl (C=O) groups excluding carboxylic acids is 1. The largest absolute Gasteiger partial charge is 0.331 e. The predicted molar refractivity (Wildman–Crippen MR) is 65.4 cm³/mol. The number of rotatable bonds is 4. The summed E-state index contributed by atoms with van der Waals surface area (Å²) in [6.07, 6.45) is 1.73. The average Bonchev–Trinajstić information content (AvgIpc) is 2.29. The molecule has 88 valence electrons. The fourth-order valence-electron chi connectivity index (χ4n) is 1.79. The lowest BCUT2D eigenvalue weighted by molar-refractivity contribution is -0.132. The van der Waals surface area contributed by atoms with Crippen LogP contribution in [-0.4, -0.2) is 27.7 Å². The Labute approximate surface area is 101 Å². The van der Waals surface area contributed by atoms with Gasteiger partial charge in [-0.1, -0.05) is 6.07 Å². The van der Waals surface area contributed by atoms with Crippen LogP contribution in [0.1, 0.15) is 32.5 Å². The average molecular weight is 241 g/mol. The van der Waals surface area contributed by atoms with Crippen LogP contribution in [0.4, 0.5) is 0 Å². The second kappa shape index (κ2) is 5.85. The van der Waals surface area contributed by atoms with Crippen molar-refractivity contribution in [1.29, 1.82) is 0 Å². The van der Waals surface area contributed by atoms with Crippen LogP contribution in [0.5, 0.6) is 0 Å². The first-order valence-corrected chi connectivity index (χ1v) is 5.89. The first-order valence-electron chi connectivity index (χ1n) is 5.36. The third kappa shape index (κ3) is 2.95. The lowest BCUT2D eigenvalue weighted by Crippen LogP contribution is -2.40. The Morgan fingerprint density at radius 2 is 2.12 bits per heavy atom. The standard InChI is InChI=1S/C12H17ClN2O/c1-9(2)15(12(16)8-13)10(3)11-6-4-5-7-14-11/h4-7,9-10H,8H2,1-3H3/t10-/m1/s1. The molecule has 0 aliphatic carbocycles. The second-order valence-corrected chi connectivity index (χ2v) is 4.23. The molecule has 1 rings (SSSR count). The van der Waals surface area contributed by atoms with Crippen molar-refractivity contribution in [3.05, 3.63) is 30.1 Å². The summed E-state index contributed by atoms with van der Waals surface area (Å²) in [6, 6.07) is 5.76. The van der Waals surface area contributed by atoms with Gasteiger partial charge in [0, 0.05) is 12.2 Å². The number of carbonyl (C=O) groups is 1. The van der Waals surface area contributed by atoms with Gasteiger partial charge >= 0.3 is 0 Å². The highest BCUT2D eigenvalue weighted by Crippen LogP contribution is 2.20. The van der Waals surface area contributed by atoms with E-state index in [0.29, 0.717) is 0 Å². The summed E-state index contributed by atoms with van der Waals surface area (Å²) in [5.74, 6) is -0.0511. The van der Waals surface area contributed by atoms with E-state index in [-0.39, 0.29) is 23.9 Å². The topological polar surface area (TPSA) is 33.2 Å². The van der Waals surface area contributed by atoms with E-state index in [0.717, 1.165) is 5.69 Å². The zero-order valence-corrected chi connectivity index (χ0v) is 10.6. The van der Waals surface area contributed by atoms with E-state index < -0.39 is 0 Å². The van der Waals surface area contributed by atoms with E-state index in [4.69, 9.17) is 11.6 Å². The molecule has 0 radical (unpaired) electrons. The van der Waals surface area contributed by atoms with Crippen molar-refractivity contribution in [3.63, 3.8) is 0 Å². The molecule has 0 fully saturated rings. The van der Waals surface area contributed by atoms with Crippen molar-refractivity contribution in [1.82, 2.24) is 9.88 Å². The van der Waals surface area contributed by atoms with Gasteiger partial charge in [-0.2, -0.15) is 0 Å². The maximum atomic E-state index is 11.7. The van der Waals surface area contributed by atoms with Gasteiger partial charge in [0.2, 0.25) is 5.91 Å². The quantitative estimate of drug-likeness (QED) is 0.758. The molecule has 1 aromatic heterocycles. The van der Waals surface area contributed by atoms with E-state index in [1.807, 2.05) is 39.0 Å². The number of halogens is 1. The minimum Gasteiger partial charge on any atom is -0.331 e. The molecular weight excluding hydrogens is 224 g/mol. The number of alkyl halides is 1. The molecular formula is C12H17ClN2O. The van der Waals surface area contributed by atoms with Gasteiger partial charge in [-0.25, -0.2) is 0 Å². The van der Waals surface area contributed by atoms with Crippen LogP contribution in [-0.2, 0) is 4.79 Å². The molecule has 0 bridgehead atoms. The zero-order chi connectivity index (χ0) is 12.1. The molecule has 0 unspecified atom stereocenters. The Kier molecular flexibility index (Phi) is 4.74. The van der Waals surface area contributed by atoms with Gasteiger partial charge in [0.25, 0.3) is 0 Å². The van der Waals surface area contributed by atoms with Gasteiger partial charge in [-0.05, 0) is 32.9 Å². The van der Waals surface area contributed by atoms with Crippen LogP contribution in [0, 0.1) is 0 Å². The Balaban J connectivity index is 2.92. The molecule has 0 aromatic carbocycles. The smallest absolute Gasteiger partial charge is 0.238 e. The van der Waals surface area contributed by atoms with E-state index in [1.54, 1.807) is 11.1 Å². The summed E-state index contributed by atoms with van der Waals surface area (Å²) in [4.78, 5) is 17.8. The molecule has 0 aliphatic heterocycles. The summed E-state index contributed by atoms with van der Waals surface area (Å²) in [5.41, 5.74) is 0.884. The van der Waals surface area contributed by atoms with Crippen molar-refractivity contribution < 1.29 is 4.79 Å². The monoisotopic (exact) mass is 240 g/mol. The van der Waals surface area contributed by atoms with Crippen LogP contribution in [0.3, 0.4) is 0 Å². The van der Waals surface area contributed by atoms with Crippen LogP contribution in [0.25, 0.3) is 0 Å². The van der Waals surface area contributed by atoms with Crippen molar-refractivity contribution in [2.75, 3.05) is 5.88 Å². The maximum Gasteiger partial charge on any atom is 0.238 e. The normalized spacial score (nSPS) is 12.6. The van der Waals surface area contributed by atoms with Crippen LogP contribution >= 0.6 is 11.6 Å². The maximum absolute atomic E-state index is 11.7. The first kappa shape index (κ1) is 13.0. The summed E-state index contributed by atoms with van der Waals surface area (Å²) in [5, 5.41) is 0. The van der Waals surface area contributed by atoms with Crippen molar-refractivity contribution in [2.24, 2.45) is 0 Å². The molecule has 0 N–H and O–H groups in total. The molecule has 16 heavy (non-hydrogen) atoms. The Hall–Kier alpha value is -1.09. The fourth-order valence-corrected chi connectivity index (χ4v) is 1.92. The summed E-state index contributed by atoms with van der Waals surface area (Å²) >= 11 is 5.61. The second-order valence-electron chi connectivity index (χ2n) is 3.96. The summed E-state index contributed by atoms with van der Waals surface area (Å²) < 4.78 is 0. The van der Waals surface area contributed by atoms with Crippen LogP contribution in [0.15, 0.2) is 24.4 Å². The molecule has 1 atom stereocenters. The molecule has 4 heteroatoms. The SMILES string of the molecule is CC(C)N(C(=O)CCl)[C@H](C)c1ccccn1. The van der Waals surface area contributed by atoms with Gasteiger partial charge in [-0.15, -0.1) is 11.6 Å². The molecule has 0 saturated carbocycles. The first-order chi connectivity index (χ1) is 7.57. The molecule has 1 heterocycles. The van der Waals surface area contributed by atoms with Crippen LogP contribution < -0.4 is 0 Å². The Morgan fingerprint density at radius 3 is 2.56 bits per heavy atom. The minimum absolute atomic E-state index is 0.00928. The Morgan fingerprint density at radius 1 is 1.44 bits per heavy atom. The molecule has 0 aliphatic rings. The van der Waals surface area contributed by atoms with Gasteiger partial charge < -0.3 is 4.90 Å². The number of hydrogen-bond donors (Lipinski definition) is 0. The molecule has 1 aromatic rings. The van der Waals surface area contributed by atoms with Gasteiger partial charge in [0.05, 0.1) is 11.7 Å². The van der Waals surface area contributed by atoms with Crippen LogP contribution in [0.2, 0.25) is 0 Å².